The van der Waals surface area contributed by atoms with Gasteiger partial charge in [0.1, 0.15) is 17.2 Å². The predicted octanol–water partition coefficient (Wildman–Crippen LogP) is 10.6. The SMILES string of the molecule is COc1ccc(-c2c3nc(c(-c4ccc(OC)cc4)c4ccc5c(-c6ccc(C(=O)O)cc6)c6nc(c(-c7ccc(OC)cc7)c7ccc2n7n45)C=C6)C=C3)cc1. The summed E-state index contributed by atoms with van der Waals surface area (Å²) in [4.78, 5) is 22.7. The average Bonchev–Trinajstić information content (AvgIpc) is 4.08. The molecule has 6 heterocycles. The topological polar surface area (TPSA) is 99.6 Å². The summed E-state index contributed by atoms with van der Waals surface area (Å²) in [7, 11) is 5.00. The summed E-state index contributed by atoms with van der Waals surface area (Å²) in [6.07, 6.45) is 8.28. The lowest BCUT2D eigenvalue weighted by Crippen LogP contribution is -2.02. The van der Waals surface area contributed by atoms with Gasteiger partial charge in [-0.1, -0.05) is 48.5 Å². The van der Waals surface area contributed by atoms with E-state index in [1.165, 1.54) is 0 Å². The molecule has 9 nitrogen and oxygen atoms in total. The minimum Gasteiger partial charge on any atom is -0.497 e. The van der Waals surface area contributed by atoms with Gasteiger partial charge >= 0.3 is 5.97 Å². The highest BCUT2D eigenvalue weighted by Gasteiger charge is 2.24. The first kappa shape index (κ1) is 33.9. The standard InChI is InChI=1S/C48H34N4O5/c1-55-33-14-8-29(9-15-33)45-37-21-20-36(49-37)44(28-4-6-32(7-5-28)48(53)54)40-24-25-41-46(30-10-16-34(56-2)17-11-30)38-22-23-39(50-38)47(31-12-18-35(57-3)19-13-31)43-27-26-42(45)52(43)51(40)41/h4-27H,1-3H3,(H,53,54). The van der Waals surface area contributed by atoms with E-state index in [4.69, 9.17) is 24.2 Å². The van der Waals surface area contributed by atoms with Crippen molar-refractivity contribution < 1.29 is 24.1 Å². The zero-order valence-corrected chi connectivity index (χ0v) is 31.2. The molecule has 1 N–H and O–H groups in total. The van der Waals surface area contributed by atoms with Gasteiger partial charge < -0.3 is 19.3 Å². The molecule has 0 amide bonds. The first-order valence-corrected chi connectivity index (χ1v) is 18.4. The van der Waals surface area contributed by atoms with E-state index >= 15 is 0 Å². The molecule has 0 aliphatic carbocycles. The molecule has 276 valence electrons. The maximum atomic E-state index is 12.0. The van der Waals surface area contributed by atoms with Gasteiger partial charge in [0.05, 0.1) is 71.7 Å². The van der Waals surface area contributed by atoms with E-state index in [1.807, 2.05) is 54.6 Å². The molecule has 4 aromatic carbocycles. The van der Waals surface area contributed by atoms with E-state index in [-0.39, 0.29) is 5.56 Å². The number of hydrogen-bond donors (Lipinski definition) is 1. The van der Waals surface area contributed by atoms with Gasteiger partial charge in [0.25, 0.3) is 0 Å². The monoisotopic (exact) mass is 746 g/mol. The van der Waals surface area contributed by atoms with Crippen LogP contribution >= 0.6 is 0 Å². The third-order valence-electron chi connectivity index (χ3n) is 10.8. The fraction of sp³-hybridized carbons (Fsp3) is 0.0625. The predicted molar refractivity (Wildman–Crippen MR) is 225 cm³/mol. The number of hydrogen-bond acceptors (Lipinski definition) is 6. The molecule has 57 heavy (non-hydrogen) atoms. The van der Waals surface area contributed by atoms with Crippen molar-refractivity contribution in [1.29, 1.82) is 0 Å². The van der Waals surface area contributed by atoms with E-state index in [9.17, 15) is 9.90 Å². The highest BCUT2D eigenvalue weighted by atomic mass is 16.5. The number of nitrogens with zero attached hydrogens (tertiary/aromatic N) is 4. The van der Waals surface area contributed by atoms with Crippen molar-refractivity contribution in [2.45, 2.75) is 0 Å². The van der Waals surface area contributed by atoms with Gasteiger partial charge in [0, 0.05) is 22.3 Å². The molecule has 0 saturated carbocycles. The summed E-state index contributed by atoms with van der Waals surface area (Å²) < 4.78 is 21.3. The Morgan fingerprint density at radius 3 is 0.930 bits per heavy atom. The van der Waals surface area contributed by atoms with Gasteiger partial charge in [-0.05, 0) is 119 Å². The minimum atomic E-state index is -0.985. The third-order valence-corrected chi connectivity index (χ3v) is 10.8. The highest BCUT2D eigenvalue weighted by molar-refractivity contribution is 6.02. The molecule has 2 aliphatic heterocycles. The van der Waals surface area contributed by atoms with Gasteiger partial charge in [-0.2, -0.15) is 0 Å². The van der Waals surface area contributed by atoms with Gasteiger partial charge in [0.2, 0.25) is 0 Å². The number of aromatic nitrogens is 4. The van der Waals surface area contributed by atoms with Crippen LogP contribution in [0.3, 0.4) is 0 Å². The lowest BCUT2D eigenvalue weighted by atomic mass is 10.0. The van der Waals surface area contributed by atoms with Crippen LogP contribution in [-0.4, -0.2) is 51.4 Å². The molecule has 9 heteroatoms. The van der Waals surface area contributed by atoms with Crippen LogP contribution in [0, 0.1) is 0 Å². The van der Waals surface area contributed by atoms with E-state index in [2.05, 4.69) is 87.9 Å². The normalized spacial score (nSPS) is 12.1. The summed E-state index contributed by atoms with van der Waals surface area (Å²) in [6, 6.07) is 39.8. The molecular formula is C48H34N4O5. The fourth-order valence-corrected chi connectivity index (χ4v) is 8.09. The van der Waals surface area contributed by atoms with Crippen molar-refractivity contribution in [2.75, 3.05) is 21.3 Å². The number of rotatable bonds is 8. The average molecular weight is 747 g/mol. The number of aromatic carboxylic acids is 1. The summed E-state index contributed by atoms with van der Waals surface area (Å²) in [6.45, 7) is 0. The molecule has 10 rings (SSSR count). The van der Waals surface area contributed by atoms with E-state index < -0.39 is 5.97 Å². The second kappa shape index (κ2) is 13.3. The van der Waals surface area contributed by atoms with Crippen LogP contribution in [0.4, 0.5) is 0 Å². The smallest absolute Gasteiger partial charge is 0.335 e. The summed E-state index contributed by atoms with van der Waals surface area (Å²) in [5.41, 5.74) is 14.3. The van der Waals surface area contributed by atoms with Crippen molar-refractivity contribution in [3.63, 3.8) is 0 Å². The number of benzene rings is 4. The Hall–Kier alpha value is -7.65. The van der Waals surface area contributed by atoms with E-state index in [0.29, 0.717) is 0 Å². The first-order valence-electron chi connectivity index (χ1n) is 18.4. The van der Waals surface area contributed by atoms with Crippen LogP contribution in [0.5, 0.6) is 17.2 Å². The number of ether oxygens (including phenoxy) is 3. The lowest BCUT2D eigenvalue weighted by Gasteiger charge is -2.13. The summed E-state index contributed by atoms with van der Waals surface area (Å²) >= 11 is 0. The van der Waals surface area contributed by atoms with Crippen LogP contribution in [0.15, 0.2) is 121 Å². The maximum Gasteiger partial charge on any atom is 0.335 e. The molecule has 0 spiro atoms. The molecule has 4 bridgehead atoms. The Bertz CT molecular complexity index is 3000. The number of methoxy groups -OCH3 is 3. The second-order valence-electron chi connectivity index (χ2n) is 13.8. The van der Waals surface area contributed by atoms with Crippen LogP contribution in [-0.2, 0) is 0 Å². The number of carboxylic acid groups (broad SMARTS) is 1. The number of carboxylic acids is 1. The van der Waals surface area contributed by atoms with Gasteiger partial charge in [-0.25, -0.2) is 23.8 Å². The Kier molecular flexibility index (Phi) is 7.89. The van der Waals surface area contributed by atoms with Crippen molar-refractivity contribution in [3.05, 3.63) is 150 Å². The number of fused-ring (bicyclic) bond motifs is 4. The highest BCUT2D eigenvalue weighted by Crippen LogP contribution is 2.42. The van der Waals surface area contributed by atoms with E-state index in [0.717, 1.165) is 107 Å². The molecule has 0 saturated heterocycles. The Labute approximate surface area is 327 Å². The molecule has 2 aliphatic rings. The molecule has 4 aromatic heterocycles. The van der Waals surface area contributed by atoms with Crippen molar-refractivity contribution in [3.8, 4) is 61.8 Å². The van der Waals surface area contributed by atoms with Gasteiger partial charge in [0.15, 0.2) is 0 Å². The van der Waals surface area contributed by atoms with Crippen LogP contribution in [0.1, 0.15) is 33.1 Å². The zero-order chi connectivity index (χ0) is 38.8. The zero-order valence-electron chi connectivity index (χ0n) is 31.2. The lowest BCUT2D eigenvalue weighted by molar-refractivity contribution is 0.0697. The van der Waals surface area contributed by atoms with Crippen molar-refractivity contribution in [1.82, 2.24) is 19.0 Å². The molecule has 0 radical (unpaired) electrons. The Morgan fingerprint density at radius 2 is 0.684 bits per heavy atom. The van der Waals surface area contributed by atoms with Crippen molar-refractivity contribution >= 4 is 52.3 Å². The quantitative estimate of drug-likeness (QED) is 0.165. The second-order valence-corrected chi connectivity index (χ2v) is 13.8. The Morgan fingerprint density at radius 1 is 0.421 bits per heavy atom. The fourth-order valence-electron chi connectivity index (χ4n) is 8.09. The molecule has 0 atom stereocenters. The first-order chi connectivity index (χ1) is 27.9. The van der Waals surface area contributed by atoms with Crippen LogP contribution < -0.4 is 14.2 Å². The Balaban J connectivity index is 1.48. The summed E-state index contributed by atoms with van der Waals surface area (Å²) in [5.74, 6) is 1.28. The van der Waals surface area contributed by atoms with Gasteiger partial charge in [-0.3, -0.25) is 0 Å². The third kappa shape index (κ3) is 5.43. The van der Waals surface area contributed by atoms with Crippen molar-refractivity contribution in [2.24, 2.45) is 0 Å². The maximum absolute atomic E-state index is 12.0. The van der Waals surface area contributed by atoms with E-state index in [1.54, 1.807) is 33.5 Å². The number of carbonyl (C=O) groups is 1. The minimum absolute atomic E-state index is 0.206. The summed E-state index contributed by atoms with van der Waals surface area (Å²) in [5, 5.41) is 9.82. The van der Waals surface area contributed by atoms with Crippen LogP contribution in [0.25, 0.3) is 90.9 Å². The largest absolute Gasteiger partial charge is 0.497 e. The van der Waals surface area contributed by atoms with Crippen LogP contribution in [0.2, 0.25) is 0 Å². The molecule has 0 fully saturated rings. The van der Waals surface area contributed by atoms with Gasteiger partial charge in [-0.15, -0.1) is 0 Å². The molecule has 8 aromatic rings. The molecular weight excluding hydrogens is 713 g/mol. The molecule has 0 unspecified atom stereocenters.